The number of rotatable bonds is 9. The maximum atomic E-state index is 13.1. The van der Waals surface area contributed by atoms with E-state index in [1.54, 1.807) is 4.90 Å². The monoisotopic (exact) mass is 506 g/mol. The predicted molar refractivity (Wildman–Crippen MR) is 149 cm³/mol. The first-order chi connectivity index (χ1) is 17.6. The van der Waals surface area contributed by atoms with Crippen LogP contribution >= 0.6 is 0 Å². The number of aryl methyl sites for hydroxylation is 2. The number of nitrogens with one attached hydrogen (secondary N) is 3. The second-order valence-electron chi connectivity index (χ2n) is 11.5. The number of carbonyl (C=O) groups is 2. The molecule has 7 nitrogen and oxygen atoms in total. The molecule has 3 atom stereocenters. The lowest BCUT2D eigenvalue weighted by Crippen LogP contribution is -2.44. The van der Waals surface area contributed by atoms with Crippen LogP contribution in [0.2, 0.25) is 0 Å². The molecule has 0 saturated heterocycles. The highest BCUT2D eigenvalue weighted by Crippen LogP contribution is 2.66. The number of amides is 4. The van der Waals surface area contributed by atoms with Gasteiger partial charge in [-0.25, -0.2) is 9.59 Å². The number of hydrogen-bond donors (Lipinski definition) is 3. The average molecular weight is 507 g/mol. The fraction of sp³-hybridized carbons (Fsp3) is 0.533. The van der Waals surface area contributed by atoms with E-state index in [4.69, 9.17) is 4.74 Å². The summed E-state index contributed by atoms with van der Waals surface area (Å²) < 4.78 is 6.42. The molecule has 2 saturated carbocycles. The molecule has 0 aliphatic heterocycles. The summed E-state index contributed by atoms with van der Waals surface area (Å²) in [6.07, 6.45) is 3.80. The number of fused-ring (bicyclic) bond motifs is 2. The van der Waals surface area contributed by atoms with E-state index >= 15 is 0 Å². The Hall–Kier alpha value is -3.06. The van der Waals surface area contributed by atoms with Gasteiger partial charge >= 0.3 is 12.1 Å². The van der Waals surface area contributed by atoms with E-state index in [0.717, 1.165) is 28.9 Å². The fourth-order valence-electron chi connectivity index (χ4n) is 5.96. The summed E-state index contributed by atoms with van der Waals surface area (Å²) >= 11 is 0. The first-order valence-corrected chi connectivity index (χ1v) is 13.4. The zero-order valence-corrected chi connectivity index (χ0v) is 22.9. The van der Waals surface area contributed by atoms with Crippen molar-refractivity contribution in [3.05, 3.63) is 59.7 Å². The maximum Gasteiger partial charge on any atom is 0.321 e. The van der Waals surface area contributed by atoms with Crippen molar-refractivity contribution in [1.29, 1.82) is 0 Å². The molecule has 0 aromatic heterocycles. The van der Waals surface area contributed by atoms with E-state index in [1.165, 1.54) is 12.8 Å². The molecule has 2 fully saturated rings. The van der Waals surface area contributed by atoms with Gasteiger partial charge in [0, 0.05) is 31.0 Å². The first kappa shape index (κ1) is 27.0. The molecule has 0 heterocycles. The molecule has 2 aliphatic carbocycles. The predicted octanol–water partition coefficient (Wildman–Crippen LogP) is 6.19. The summed E-state index contributed by atoms with van der Waals surface area (Å²) in [4.78, 5) is 27.2. The van der Waals surface area contributed by atoms with E-state index < -0.39 is 0 Å². The Bertz CT molecular complexity index is 1080. The van der Waals surface area contributed by atoms with Crippen LogP contribution in [0.3, 0.4) is 0 Å². The summed E-state index contributed by atoms with van der Waals surface area (Å²) in [5.41, 5.74) is 4.21. The Morgan fingerprint density at radius 2 is 1.51 bits per heavy atom. The number of hydrogen-bond acceptors (Lipinski definition) is 3. The normalized spacial score (nSPS) is 23.5. The third-order valence-corrected chi connectivity index (χ3v) is 8.96. The zero-order valence-electron chi connectivity index (χ0n) is 22.9. The van der Waals surface area contributed by atoms with Crippen LogP contribution in [0.4, 0.5) is 21.0 Å². The van der Waals surface area contributed by atoms with Crippen LogP contribution in [-0.2, 0) is 4.74 Å². The molecule has 4 rings (SSSR count). The Labute approximate surface area is 221 Å². The molecule has 37 heavy (non-hydrogen) atoms. The van der Waals surface area contributed by atoms with E-state index in [2.05, 4.69) is 36.7 Å². The fourth-order valence-corrected chi connectivity index (χ4v) is 5.96. The van der Waals surface area contributed by atoms with Crippen LogP contribution in [0.15, 0.2) is 48.5 Å². The van der Waals surface area contributed by atoms with Gasteiger partial charge in [0.2, 0.25) is 0 Å². The number of urea groups is 2. The molecular weight excluding hydrogens is 464 g/mol. The summed E-state index contributed by atoms with van der Waals surface area (Å²) in [6.45, 7) is 12.8. The molecule has 2 aliphatic rings. The van der Waals surface area contributed by atoms with E-state index in [-0.39, 0.29) is 29.0 Å². The van der Waals surface area contributed by atoms with Gasteiger partial charge in [-0.05, 0) is 74.1 Å². The molecule has 3 N–H and O–H groups in total. The highest BCUT2D eigenvalue weighted by molar-refractivity contribution is 5.90. The smallest absolute Gasteiger partial charge is 0.321 e. The molecular formula is C30H42N4O3. The highest BCUT2D eigenvalue weighted by atomic mass is 16.5. The lowest BCUT2D eigenvalue weighted by molar-refractivity contribution is -0.0494. The molecule has 0 radical (unpaired) electrons. The number of nitrogens with zero attached hydrogens (tertiary/aromatic N) is 1. The van der Waals surface area contributed by atoms with Gasteiger partial charge in [0.15, 0.2) is 0 Å². The van der Waals surface area contributed by atoms with Gasteiger partial charge in [-0.1, -0.05) is 56.2 Å². The van der Waals surface area contributed by atoms with Crippen LogP contribution in [-0.4, -0.2) is 49.3 Å². The van der Waals surface area contributed by atoms with Gasteiger partial charge in [-0.2, -0.15) is 0 Å². The summed E-state index contributed by atoms with van der Waals surface area (Å²) in [7, 11) is 0. The third-order valence-electron chi connectivity index (χ3n) is 8.96. The van der Waals surface area contributed by atoms with Gasteiger partial charge in [-0.3, -0.25) is 0 Å². The molecule has 2 aromatic carbocycles. The minimum Gasteiger partial charge on any atom is -0.376 e. The van der Waals surface area contributed by atoms with Crippen molar-refractivity contribution in [1.82, 2.24) is 10.2 Å². The van der Waals surface area contributed by atoms with Crippen molar-refractivity contribution in [2.24, 2.45) is 16.7 Å². The molecule has 4 amide bonds. The quantitative estimate of drug-likeness (QED) is 0.379. The van der Waals surface area contributed by atoms with Crippen molar-refractivity contribution in [2.75, 3.05) is 36.9 Å². The SMILES string of the molecule is Cc1ccc(NC(=O)NCCN(CCO[C@@H]2C[C@@H]3CC[C@@]2(C)C3(C)C)C(=O)Nc2ccc(C)cc2)cc1. The van der Waals surface area contributed by atoms with Gasteiger partial charge in [0.25, 0.3) is 0 Å². The van der Waals surface area contributed by atoms with Crippen LogP contribution in [0.1, 0.15) is 51.2 Å². The summed E-state index contributed by atoms with van der Waals surface area (Å²) in [5.74, 6) is 0.708. The standard InChI is InChI=1S/C30H42N4O3/c1-21-6-10-24(11-7-21)32-27(35)31-16-17-34(28(36)33-25-12-8-22(2)9-13-25)18-19-37-26-20-23-14-15-30(26,5)29(23,3)4/h6-13,23,26H,14-20H2,1-5H3,(H,33,36)(H2,31,32,35)/t23-,26+,30+/m0/s1. The number of anilines is 2. The van der Waals surface area contributed by atoms with Gasteiger partial charge in [0.05, 0.1) is 12.7 Å². The van der Waals surface area contributed by atoms with Gasteiger partial charge < -0.3 is 25.6 Å². The van der Waals surface area contributed by atoms with E-state index in [0.29, 0.717) is 32.2 Å². The lowest BCUT2D eigenvalue weighted by Gasteiger charge is -2.39. The van der Waals surface area contributed by atoms with Crippen molar-refractivity contribution in [2.45, 2.75) is 60.0 Å². The number of benzene rings is 2. The van der Waals surface area contributed by atoms with Crippen molar-refractivity contribution < 1.29 is 14.3 Å². The van der Waals surface area contributed by atoms with Crippen LogP contribution < -0.4 is 16.0 Å². The van der Waals surface area contributed by atoms with Crippen molar-refractivity contribution >= 4 is 23.4 Å². The molecule has 2 bridgehead atoms. The summed E-state index contributed by atoms with van der Waals surface area (Å²) in [6, 6.07) is 14.9. The van der Waals surface area contributed by atoms with E-state index in [1.807, 2.05) is 62.4 Å². The van der Waals surface area contributed by atoms with Crippen molar-refractivity contribution in [3.8, 4) is 0 Å². The largest absolute Gasteiger partial charge is 0.376 e. The molecule has 7 heteroatoms. The number of ether oxygens (including phenoxy) is 1. The molecule has 200 valence electrons. The minimum absolute atomic E-state index is 0.183. The third kappa shape index (κ3) is 6.09. The Morgan fingerprint density at radius 1 is 0.919 bits per heavy atom. The van der Waals surface area contributed by atoms with Crippen LogP contribution in [0.5, 0.6) is 0 Å². The van der Waals surface area contributed by atoms with Crippen LogP contribution in [0.25, 0.3) is 0 Å². The topological polar surface area (TPSA) is 82.7 Å². The number of carbonyl (C=O) groups excluding carboxylic acids is 2. The second-order valence-corrected chi connectivity index (χ2v) is 11.5. The second kappa shape index (κ2) is 11.1. The summed E-state index contributed by atoms with van der Waals surface area (Å²) in [5, 5.41) is 8.67. The Balaban J connectivity index is 1.31. The minimum atomic E-state index is -0.295. The van der Waals surface area contributed by atoms with Crippen LogP contribution in [0, 0.1) is 30.6 Å². The average Bonchev–Trinajstić information content (AvgIpc) is 3.19. The molecule has 0 unspecified atom stereocenters. The van der Waals surface area contributed by atoms with E-state index in [9.17, 15) is 9.59 Å². The van der Waals surface area contributed by atoms with Gasteiger partial charge in [-0.15, -0.1) is 0 Å². The maximum absolute atomic E-state index is 13.1. The lowest BCUT2D eigenvalue weighted by atomic mass is 9.70. The highest BCUT2D eigenvalue weighted by Gasteiger charge is 2.61. The molecule has 0 spiro atoms. The van der Waals surface area contributed by atoms with Crippen molar-refractivity contribution in [3.63, 3.8) is 0 Å². The molecule has 2 aromatic rings. The first-order valence-electron chi connectivity index (χ1n) is 13.4. The van der Waals surface area contributed by atoms with Gasteiger partial charge in [0.1, 0.15) is 0 Å². The zero-order chi connectivity index (χ0) is 26.6. The Kier molecular flexibility index (Phi) is 8.12. The Morgan fingerprint density at radius 3 is 2.05 bits per heavy atom.